The van der Waals surface area contributed by atoms with Crippen molar-refractivity contribution in [3.05, 3.63) is 69.8 Å². The first-order valence-corrected chi connectivity index (χ1v) is 7.08. The first-order chi connectivity index (χ1) is 10.1. The van der Waals surface area contributed by atoms with Crippen LogP contribution in [0.5, 0.6) is 0 Å². The van der Waals surface area contributed by atoms with Gasteiger partial charge in [-0.15, -0.1) is 0 Å². The Morgan fingerprint density at radius 2 is 1.05 bits per heavy atom. The van der Waals surface area contributed by atoms with Crippen molar-refractivity contribution < 1.29 is 13.2 Å². The molecular formula is C18H20F3N. The Bertz CT molecular complexity index is 650. The quantitative estimate of drug-likeness (QED) is 0.856. The van der Waals surface area contributed by atoms with Crippen LogP contribution in [-0.4, -0.2) is 6.18 Å². The van der Waals surface area contributed by atoms with Gasteiger partial charge in [-0.3, -0.25) is 0 Å². The van der Waals surface area contributed by atoms with E-state index in [4.69, 9.17) is 5.73 Å². The van der Waals surface area contributed by atoms with E-state index in [-0.39, 0.29) is 11.1 Å². The minimum Gasteiger partial charge on any atom is -0.310 e. The summed E-state index contributed by atoms with van der Waals surface area (Å²) in [5.74, 6) is 0. The smallest absolute Gasteiger partial charge is 0.310 e. The largest absolute Gasteiger partial charge is 0.414 e. The third-order valence-electron chi connectivity index (χ3n) is 4.37. The van der Waals surface area contributed by atoms with Gasteiger partial charge < -0.3 is 5.73 Å². The van der Waals surface area contributed by atoms with Crippen molar-refractivity contribution in [3.8, 4) is 0 Å². The van der Waals surface area contributed by atoms with Gasteiger partial charge in [0, 0.05) is 0 Å². The normalized spacial score (nSPS) is 12.5. The second-order valence-corrected chi connectivity index (χ2v) is 5.90. The fourth-order valence-corrected chi connectivity index (χ4v) is 2.47. The van der Waals surface area contributed by atoms with E-state index in [1.165, 1.54) is 24.3 Å². The average molecular weight is 307 g/mol. The van der Waals surface area contributed by atoms with Crippen LogP contribution in [0.3, 0.4) is 0 Å². The summed E-state index contributed by atoms with van der Waals surface area (Å²) >= 11 is 0. The maximum atomic E-state index is 13.8. The lowest BCUT2D eigenvalue weighted by Gasteiger charge is -2.33. The van der Waals surface area contributed by atoms with Gasteiger partial charge in [-0.05, 0) is 61.1 Å². The zero-order valence-corrected chi connectivity index (χ0v) is 13.2. The van der Waals surface area contributed by atoms with E-state index in [1.807, 2.05) is 13.8 Å². The molecule has 0 radical (unpaired) electrons. The van der Waals surface area contributed by atoms with E-state index in [0.717, 1.165) is 22.3 Å². The molecule has 22 heavy (non-hydrogen) atoms. The molecule has 0 fully saturated rings. The lowest BCUT2D eigenvalue weighted by atomic mass is 9.81. The number of aryl methyl sites for hydroxylation is 4. The van der Waals surface area contributed by atoms with E-state index in [0.29, 0.717) is 0 Å². The third-order valence-corrected chi connectivity index (χ3v) is 4.37. The van der Waals surface area contributed by atoms with Crippen LogP contribution < -0.4 is 5.73 Å². The fourth-order valence-electron chi connectivity index (χ4n) is 2.47. The first-order valence-electron chi connectivity index (χ1n) is 7.08. The molecule has 0 atom stereocenters. The van der Waals surface area contributed by atoms with Crippen LogP contribution in [0, 0.1) is 27.7 Å². The molecule has 2 rings (SSSR count). The predicted molar refractivity (Wildman–Crippen MR) is 82.9 cm³/mol. The minimum atomic E-state index is -4.59. The Morgan fingerprint density at radius 3 is 1.32 bits per heavy atom. The number of rotatable bonds is 2. The van der Waals surface area contributed by atoms with E-state index in [1.54, 1.807) is 26.0 Å². The minimum absolute atomic E-state index is 0.0614. The molecule has 2 aromatic rings. The second kappa shape index (κ2) is 5.43. The Morgan fingerprint density at radius 1 is 0.682 bits per heavy atom. The summed E-state index contributed by atoms with van der Waals surface area (Å²) in [6.07, 6.45) is -4.59. The van der Waals surface area contributed by atoms with Gasteiger partial charge in [-0.25, -0.2) is 0 Å². The molecule has 0 aliphatic rings. The average Bonchev–Trinajstić information content (AvgIpc) is 2.42. The van der Waals surface area contributed by atoms with Crippen LogP contribution in [0.25, 0.3) is 0 Å². The van der Waals surface area contributed by atoms with E-state index in [9.17, 15) is 13.2 Å². The van der Waals surface area contributed by atoms with Crippen LogP contribution in [0.15, 0.2) is 36.4 Å². The number of benzene rings is 2. The van der Waals surface area contributed by atoms with Crippen molar-refractivity contribution in [1.82, 2.24) is 0 Å². The molecule has 2 N–H and O–H groups in total. The summed E-state index contributed by atoms with van der Waals surface area (Å²) in [5.41, 5.74) is 7.00. The molecule has 0 spiro atoms. The monoisotopic (exact) mass is 307 g/mol. The molecule has 0 aliphatic heterocycles. The van der Waals surface area contributed by atoms with Gasteiger partial charge in [0.15, 0.2) is 5.54 Å². The van der Waals surface area contributed by atoms with Crippen LogP contribution >= 0.6 is 0 Å². The summed E-state index contributed by atoms with van der Waals surface area (Å²) in [5, 5.41) is 0. The topological polar surface area (TPSA) is 26.0 Å². The summed E-state index contributed by atoms with van der Waals surface area (Å²) in [6.45, 7) is 7.30. The highest BCUT2D eigenvalue weighted by Crippen LogP contribution is 2.42. The van der Waals surface area contributed by atoms with E-state index in [2.05, 4.69) is 0 Å². The number of alkyl halides is 3. The molecule has 0 bridgehead atoms. The molecule has 4 heteroatoms. The highest BCUT2D eigenvalue weighted by molar-refractivity contribution is 5.45. The second-order valence-electron chi connectivity index (χ2n) is 5.90. The molecular weight excluding hydrogens is 287 g/mol. The maximum absolute atomic E-state index is 13.8. The number of halogens is 3. The van der Waals surface area contributed by atoms with Gasteiger partial charge >= 0.3 is 6.18 Å². The maximum Gasteiger partial charge on any atom is 0.414 e. The molecule has 1 nitrogen and oxygen atoms in total. The molecule has 0 aliphatic carbocycles. The van der Waals surface area contributed by atoms with Crippen LogP contribution in [0.2, 0.25) is 0 Å². The highest BCUT2D eigenvalue weighted by atomic mass is 19.4. The van der Waals surface area contributed by atoms with Crippen LogP contribution in [0.4, 0.5) is 13.2 Å². The predicted octanol–water partition coefficient (Wildman–Crippen LogP) is 4.68. The van der Waals surface area contributed by atoms with Crippen molar-refractivity contribution in [2.24, 2.45) is 5.73 Å². The van der Waals surface area contributed by atoms with Crippen LogP contribution in [-0.2, 0) is 5.54 Å². The molecule has 0 saturated heterocycles. The standard InChI is InChI=1S/C18H20F3N/c1-11-5-7-15(9-13(11)3)17(22,18(19,20)21)16-8-6-12(2)14(4)10-16/h5-10H,22H2,1-4H3. The lowest BCUT2D eigenvalue weighted by Crippen LogP contribution is -2.51. The third kappa shape index (κ3) is 2.63. The Labute approximate surface area is 129 Å². The molecule has 0 aromatic heterocycles. The molecule has 0 saturated carbocycles. The zero-order chi connectivity index (χ0) is 16.7. The summed E-state index contributed by atoms with van der Waals surface area (Å²) in [6, 6.07) is 9.34. The number of hydrogen-bond acceptors (Lipinski definition) is 1. The Kier molecular flexibility index (Phi) is 4.09. The van der Waals surface area contributed by atoms with Crippen molar-refractivity contribution in [2.45, 2.75) is 39.4 Å². The lowest BCUT2D eigenvalue weighted by molar-refractivity contribution is -0.176. The van der Waals surface area contributed by atoms with Gasteiger partial charge in [0.25, 0.3) is 0 Å². The van der Waals surface area contributed by atoms with Crippen molar-refractivity contribution in [2.75, 3.05) is 0 Å². The van der Waals surface area contributed by atoms with Gasteiger partial charge in [-0.2, -0.15) is 13.2 Å². The van der Waals surface area contributed by atoms with E-state index < -0.39 is 11.7 Å². The van der Waals surface area contributed by atoms with Gasteiger partial charge in [0.1, 0.15) is 0 Å². The number of hydrogen-bond donors (Lipinski definition) is 1. The Balaban J connectivity index is 2.72. The van der Waals surface area contributed by atoms with Crippen molar-refractivity contribution in [3.63, 3.8) is 0 Å². The molecule has 0 unspecified atom stereocenters. The molecule has 0 heterocycles. The molecule has 0 amide bonds. The SMILES string of the molecule is Cc1ccc(C(N)(c2ccc(C)c(C)c2)C(F)(F)F)cc1C. The van der Waals surface area contributed by atoms with Gasteiger partial charge in [-0.1, -0.05) is 36.4 Å². The van der Waals surface area contributed by atoms with Crippen molar-refractivity contribution >= 4 is 0 Å². The summed E-state index contributed by atoms with van der Waals surface area (Å²) in [4.78, 5) is 0. The summed E-state index contributed by atoms with van der Waals surface area (Å²) < 4.78 is 41.4. The van der Waals surface area contributed by atoms with Gasteiger partial charge in [0.2, 0.25) is 0 Å². The van der Waals surface area contributed by atoms with Crippen LogP contribution in [0.1, 0.15) is 33.4 Å². The Hall–Kier alpha value is -1.81. The molecule has 118 valence electrons. The van der Waals surface area contributed by atoms with Crippen molar-refractivity contribution in [1.29, 1.82) is 0 Å². The number of nitrogens with two attached hydrogens (primary N) is 1. The van der Waals surface area contributed by atoms with Gasteiger partial charge in [0.05, 0.1) is 0 Å². The highest BCUT2D eigenvalue weighted by Gasteiger charge is 2.54. The first kappa shape index (κ1) is 16.6. The molecule has 2 aromatic carbocycles. The van der Waals surface area contributed by atoms with E-state index >= 15 is 0 Å². The zero-order valence-electron chi connectivity index (χ0n) is 13.2. The fraction of sp³-hybridized carbons (Fsp3) is 0.333. The summed E-state index contributed by atoms with van der Waals surface area (Å²) in [7, 11) is 0.